The SMILES string of the molecule is C[C@H](C(=O)N[C@H]1CCN(Cc2ccccc2)C1)N1CCc2ccccc21. The summed E-state index contributed by atoms with van der Waals surface area (Å²) >= 11 is 0. The van der Waals surface area contributed by atoms with E-state index in [0.717, 1.165) is 39.0 Å². The summed E-state index contributed by atoms with van der Waals surface area (Å²) in [5, 5.41) is 3.28. The molecule has 2 heterocycles. The van der Waals surface area contributed by atoms with Gasteiger partial charge in [0, 0.05) is 37.9 Å². The van der Waals surface area contributed by atoms with Crippen molar-refractivity contribution >= 4 is 11.6 Å². The molecule has 0 saturated carbocycles. The number of nitrogens with one attached hydrogen (secondary N) is 1. The third-order valence-corrected chi connectivity index (χ3v) is 5.64. The molecular formula is C22H27N3O. The summed E-state index contributed by atoms with van der Waals surface area (Å²) in [4.78, 5) is 17.5. The topological polar surface area (TPSA) is 35.6 Å². The van der Waals surface area contributed by atoms with Crippen molar-refractivity contribution < 1.29 is 4.79 Å². The van der Waals surface area contributed by atoms with Gasteiger partial charge in [0.1, 0.15) is 6.04 Å². The standard InChI is InChI=1S/C22H27N3O/c1-17(25-14-11-19-9-5-6-10-21(19)25)22(26)23-20-12-13-24(16-20)15-18-7-3-2-4-8-18/h2-10,17,20H,11-16H2,1H3,(H,23,26)/t17-,20+/m1/s1. The van der Waals surface area contributed by atoms with E-state index >= 15 is 0 Å². The zero-order chi connectivity index (χ0) is 17.9. The van der Waals surface area contributed by atoms with Crippen LogP contribution in [0.4, 0.5) is 5.69 Å². The Balaban J connectivity index is 1.31. The molecule has 136 valence electrons. The van der Waals surface area contributed by atoms with Crippen LogP contribution >= 0.6 is 0 Å². The average Bonchev–Trinajstić information content (AvgIpc) is 3.29. The summed E-state index contributed by atoms with van der Waals surface area (Å²) in [5.41, 5.74) is 3.90. The smallest absolute Gasteiger partial charge is 0.242 e. The monoisotopic (exact) mass is 349 g/mol. The minimum absolute atomic E-state index is 0.123. The maximum atomic E-state index is 12.8. The van der Waals surface area contributed by atoms with Crippen LogP contribution in [0.15, 0.2) is 54.6 Å². The molecule has 2 aliphatic rings. The van der Waals surface area contributed by atoms with Crippen molar-refractivity contribution in [3.8, 4) is 0 Å². The minimum Gasteiger partial charge on any atom is -0.359 e. The van der Waals surface area contributed by atoms with Gasteiger partial charge in [-0.1, -0.05) is 48.5 Å². The van der Waals surface area contributed by atoms with E-state index in [1.54, 1.807) is 0 Å². The Bertz CT molecular complexity index is 761. The Morgan fingerprint density at radius 3 is 2.73 bits per heavy atom. The number of hydrogen-bond donors (Lipinski definition) is 1. The molecule has 0 spiro atoms. The summed E-state index contributed by atoms with van der Waals surface area (Å²) in [7, 11) is 0. The first-order valence-corrected chi connectivity index (χ1v) is 9.62. The highest BCUT2D eigenvalue weighted by atomic mass is 16.2. The Kier molecular flexibility index (Phi) is 4.93. The molecule has 0 aliphatic carbocycles. The first-order valence-electron chi connectivity index (χ1n) is 9.62. The fourth-order valence-corrected chi connectivity index (χ4v) is 4.17. The maximum absolute atomic E-state index is 12.8. The summed E-state index contributed by atoms with van der Waals surface area (Å²) in [6.07, 6.45) is 2.06. The Morgan fingerprint density at radius 1 is 1.12 bits per heavy atom. The van der Waals surface area contributed by atoms with Gasteiger partial charge in [-0.05, 0) is 37.0 Å². The van der Waals surface area contributed by atoms with E-state index in [9.17, 15) is 4.79 Å². The van der Waals surface area contributed by atoms with E-state index in [-0.39, 0.29) is 18.0 Å². The lowest BCUT2D eigenvalue weighted by atomic mass is 10.1. The Hall–Kier alpha value is -2.33. The van der Waals surface area contributed by atoms with Crippen LogP contribution in [0.3, 0.4) is 0 Å². The molecule has 1 saturated heterocycles. The lowest BCUT2D eigenvalue weighted by molar-refractivity contribution is -0.122. The molecule has 26 heavy (non-hydrogen) atoms. The molecule has 4 nitrogen and oxygen atoms in total. The zero-order valence-corrected chi connectivity index (χ0v) is 15.4. The summed E-state index contributed by atoms with van der Waals surface area (Å²) in [5.74, 6) is 0.147. The first kappa shape index (κ1) is 17.1. The van der Waals surface area contributed by atoms with Crippen molar-refractivity contribution in [1.29, 1.82) is 0 Å². The van der Waals surface area contributed by atoms with Crippen molar-refractivity contribution in [1.82, 2.24) is 10.2 Å². The lowest BCUT2D eigenvalue weighted by Gasteiger charge is -2.27. The van der Waals surface area contributed by atoms with Gasteiger partial charge in [-0.25, -0.2) is 0 Å². The van der Waals surface area contributed by atoms with Gasteiger partial charge in [-0.15, -0.1) is 0 Å². The normalized spacial score (nSPS) is 20.8. The summed E-state index contributed by atoms with van der Waals surface area (Å²) in [6, 6.07) is 19.1. The van der Waals surface area contributed by atoms with E-state index in [1.807, 2.05) is 6.92 Å². The molecule has 2 aromatic carbocycles. The quantitative estimate of drug-likeness (QED) is 0.902. The average molecular weight is 349 g/mol. The zero-order valence-electron chi connectivity index (χ0n) is 15.4. The molecular weight excluding hydrogens is 322 g/mol. The number of carbonyl (C=O) groups excluding carboxylic acids is 1. The minimum atomic E-state index is -0.123. The molecule has 0 bridgehead atoms. The molecule has 2 aliphatic heterocycles. The highest BCUT2D eigenvalue weighted by Gasteiger charge is 2.30. The maximum Gasteiger partial charge on any atom is 0.242 e. The number of para-hydroxylation sites is 1. The fraction of sp³-hybridized carbons (Fsp3) is 0.409. The number of amides is 1. The highest BCUT2D eigenvalue weighted by Crippen LogP contribution is 2.29. The van der Waals surface area contributed by atoms with Crippen LogP contribution in [-0.2, 0) is 17.8 Å². The van der Waals surface area contributed by atoms with Gasteiger partial charge in [0.15, 0.2) is 0 Å². The van der Waals surface area contributed by atoms with Crippen LogP contribution in [0.25, 0.3) is 0 Å². The first-order chi connectivity index (χ1) is 12.7. The van der Waals surface area contributed by atoms with Crippen molar-refractivity contribution in [3.63, 3.8) is 0 Å². The Labute approximate surface area is 155 Å². The van der Waals surface area contributed by atoms with Crippen molar-refractivity contribution in [2.24, 2.45) is 0 Å². The van der Waals surface area contributed by atoms with Gasteiger partial charge in [-0.3, -0.25) is 9.69 Å². The van der Waals surface area contributed by atoms with Crippen LogP contribution < -0.4 is 10.2 Å². The second-order valence-corrected chi connectivity index (χ2v) is 7.46. The van der Waals surface area contributed by atoms with E-state index in [1.165, 1.54) is 16.8 Å². The molecule has 0 radical (unpaired) electrons. The summed E-state index contributed by atoms with van der Waals surface area (Å²) < 4.78 is 0. The molecule has 1 fully saturated rings. The predicted molar refractivity (Wildman–Crippen MR) is 105 cm³/mol. The van der Waals surface area contributed by atoms with E-state index in [4.69, 9.17) is 0 Å². The van der Waals surface area contributed by atoms with Crippen LogP contribution in [0.2, 0.25) is 0 Å². The number of likely N-dealkylation sites (tertiary alicyclic amines) is 1. The van der Waals surface area contributed by atoms with E-state index < -0.39 is 0 Å². The van der Waals surface area contributed by atoms with Crippen molar-refractivity contribution in [2.75, 3.05) is 24.5 Å². The van der Waals surface area contributed by atoms with Gasteiger partial charge in [0.2, 0.25) is 5.91 Å². The number of carbonyl (C=O) groups is 1. The van der Waals surface area contributed by atoms with Gasteiger partial charge in [0.25, 0.3) is 0 Å². The number of hydrogen-bond acceptors (Lipinski definition) is 3. The van der Waals surface area contributed by atoms with Gasteiger partial charge >= 0.3 is 0 Å². The molecule has 2 aromatic rings. The third kappa shape index (κ3) is 3.61. The number of benzene rings is 2. The molecule has 1 amide bonds. The molecule has 0 aromatic heterocycles. The summed E-state index contributed by atoms with van der Waals surface area (Å²) in [6.45, 7) is 5.89. The van der Waals surface area contributed by atoms with Gasteiger partial charge in [-0.2, -0.15) is 0 Å². The van der Waals surface area contributed by atoms with Crippen LogP contribution in [0, 0.1) is 0 Å². The van der Waals surface area contributed by atoms with E-state index in [0.29, 0.717) is 0 Å². The third-order valence-electron chi connectivity index (χ3n) is 5.64. The molecule has 1 N–H and O–H groups in total. The second kappa shape index (κ2) is 7.50. The van der Waals surface area contributed by atoms with Crippen LogP contribution in [0.5, 0.6) is 0 Å². The number of fused-ring (bicyclic) bond motifs is 1. The van der Waals surface area contributed by atoms with Crippen molar-refractivity contribution in [3.05, 3.63) is 65.7 Å². The van der Waals surface area contributed by atoms with Gasteiger partial charge < -0.3 is 10.2 Å². The molecule has 4 heteroatoms. The molecule has 4 rings (SSSR count). The largest absolute Gasteiger partial charge is 0.359 e. The lowest BCUT2D eigenvalue weighted by Crippen LogP contribution is -2.48. The van der Waals surface area contributed by atoms with Gasteiger partial charge in [0.05, 0.1) is 0 Å². The predicted octanol–water partition coefficient (Wildman–Crippen LogP) is 2.83. The van der Waals surface area contributed by atoms with Crippen LogP contribution in [0.1, 0.15) is 24.5 Å². The van der Waals surface area contributed by atoms with E-state index in [2.05, 4.69) is 69.7 Å². The van der Waals surface area contributed by atoms with Crippen molar-refractivity contribution in [2.45, 2.75) is 38.4 Å². The number of nitrogens with zero attached hydrogens (tertiary/aromatic N) is 2. The molecule has 0 unspecified atom stereocenters. The number of rotatable bonds is 5. The Morgan fingerprint density at radius 2 is 1.88 bits per heavy atom. The molecule has 2 atom stereocenters. The second-order valence-electron chi connectivity index (χ2n) is 7.46. The van der Waals surface area contributed by atoms with Crippen LogP contribution in [-0.4, -0.2) is 42.5 Å². The number of anilines is 1. The fourth-order valence-electron chi connectivity index (χ4n) is 4.17. The highest BCUT2D eigenvalue weighted by molar-refractivity contribution is 5.86.